The summed E-state index contributed by atoms with van der Waals surface area (Å²) in [6.45, 7) is 0. The van der Waals surface area contributed by atoms with Crippen molar-refractivity contribution in [3.05, 3.63) is 53.3 Å². The number of fused-ring (bicyclic) bond motifs is 1. The summed E-state index contributed by atoms with van der Waals surface area (Å²) in [6.07, 6.45) is 4.89. The Hall–Kier alpha value is -3.42. The molecule has 2 N–H and O–H groups in total. The van der Waals surface area contributed by atoms with Gasteiger partial charge < -0.3 is 14.7 Å². The first kappa shape index (κ1) is 13.3. The summed E-state index contributed by atoms with van der Waals surface area (Å²) in [4.78, 5) is 20.2. The molecule has 0 aliphatic heterocycles. The maximum atomic E-state index is 11.6. The number of rotatable bonds is 2. The number of aromatic nitrogens is 5. The predicted octanol–water partition coefficient (Wildman–Crippen LogP) is 1.33. The topological polar surface area (TPSA) is 104 Å². The van der Waals surface area contributed by atoms with Crippen molar-refractivity contribution in [2.75, 3.05) is 5.73 Å². The van der Waals surface area contributed by atoms with E-state index in [1.54, 1.807) is 43.9 Å². The van der Waals surface area contributed by atoms with E-state index in [2.05, 4.69) is 15.1 Å². The fourth-order valence-electron chi connectivity index (χ4n) is 2.36. The van der Waals surface area contributed by atoms with E-state index in [-0.39, 0.29) is 11.5 Å². The molecule has 8 nitrogen and oxygen atoms in total. The second kappa shape index (κ2) is 4.80. The third kappa shape index (κ3) is 2.08. The highest BCUT2D eigenvalue weighted by Gasteiger charge is 2.15. The van der Waals surface area contributed by atoms with Crippen LogP contribution in [0.2, 0.25) is 0 Å². The molecule has 114 valence electrons. The lowest BCUT2D eigenvalue weighted by Gasteiger charge is -2.05. The van der Waals surface area contributed by atoms with Crippen LogP contribution >= 0.6 is 0 Å². The molecule has 0 saturated heterocycles. The van der Waals surface area contributed by atoms with Gasteiger partial charge in [-0.3, -0.25) is 4.79 Å². The highest BCUT2D eigenvalue weighted by Crippen LogP contribution is 2.25. The number of aryl methyl sites for hydroxylation is 1. The molecule has 4 aromatic heterocycles. The lowest BCUT2D eigenvalue weighted by atomic mass is 10.1. The van der Waals surface area contributed by atoms with Crippen LogP contribution in [0.1, 0.15) is 0 Å². The molecule has 0 aromatic carbocycles. The van der Waals surface area contributed by atoms with Gasteiger partial charge in [-0.05, 0) is 18.2 Å². The lowest BCUT2D eigenvalue weighted by molar-refractivity contribution is 0.577. The van der Waals surface area contributed by atoms with E-state index in [9.17, 15) is 4.79 Å². The fraction of sp³-hybridized carbons (Fsp3) is 0.0667. The van der Waals surface area contributed by atoms with Crippen molar-refractivity contribution < 1.29 is 4.42 Å². The van der Waals surface area contributed by atoms with E-state index < -0.39 is 0 Å². The van der Waals surface area contributed by atoms with Gasteiger partial charge >= 0.3 is 0 Å². The number of hydrogen-bond donors (Lipinski definition) is 1. The van der Waals surface area contributed by atoms with Crippen LogP contribution in [-0.4, -0.2) is 24.1 Å². The number of nitrogens with zero attached hydrogens (tertiary/aromatic N) is 5. The van der Waals surface area contributed by atoms with Crippen LogP contribution in [0.15, 0.2) is 52.1 Å². The largest absolute Gasteiger partial charge is 0.461 e. The normalized spacial score (nSPS) is 11.2. The van der Waals surface area contributed by atoms with Gasteiger partial charge in [-0.1, -0.05) is 0 Å². The van der Waals surface area contributed by atoms with Gasteiger partial charge in [0.25, 0.3) is 0 Å². The molecule has 4 aromatic rings. The Kier molecular flexibility index (Phi) is 2.77. The van der Waals surface area contributed by atoms with E-state index in [1.807, 2.05) is 0 Å². The van der Waals surface area contributed by atoms with E-state index in [4.69, 9.17) is 10.2 Å². The SMILES string of the molecule is Cn1cc(-c2cnc(N)n3nc(-c4ccco4)nc23)ccc1=O. The van der Waals surface area contributed by atoms with Gasteiger partial charge in [0.05, 0.1) is 6.26 Å². The minimum atomic E-state index is -0.0917. The Morgan fingerprint density at radius 2 is 2.13 bits per heavy atom. The van der Waals surface area contributed by atoms with Gasteiger partial charge in [-0.2, -0.15) is 4.52 Å². The van der Waals surface area contributed by atoms with Crippen LogP contribution < -0.4 is 11.3 Å². The first-order chi connectivity index (χ1) is 11.1. The van der Waals surface area contributed by atoms with Gasteiger partial charge in [0.15, 0.2) is 11.4 Å². The summed E-state index contributed by atoms with van der Waals surface area (Å²) in [6, 6.07) is 6.74. The van der Waals surface area contributed by atoms with Crippen molar-refractivity contribution in [1.29, 1.82) is 0 Å². The number of hydrogen-bond acceptors (Lipinski definition) is 6. The van der Waals surface area contributed by atoms with Crippen molar-refractivity contribution >= 4 is 11.6 Å². The van der Waals surface area contributed by atoms with Crippen LogP contribution in [0.3, 0.4) is 0 Å². The fourth-order valence-corrected chi connectivity index (χ4v) is 2.36. The molecule has 0 bridgehead atoms. The number of anilines is 1. The molecule has 4 rings (SSSR count). The molecule has 0 spiro atoms. The quantitative estimate of drug-likeness (QED) is 0.599. The van der Waals surface area contributed by atoms with Gasteiger partial charge in [-0.15, -0.1) is 5.10 Å². The monoisotopic (exact) mass is 308 g/mol. The summed E-state index contributed by atoms with van der Waals surface area (Å²) < 4.78 is 8.27. The number of nitrogens with two attached hydrogens (primary N) is 1. The number of nitrogen functional groups attached to an aromatic ring is 1. The molecule has 0 atom stereocenters. The molecular weight excluding hydrogens is 296 g/mol. The minimum absolute atomic E-state index is 0.0917. The predicted molar refractivity (Wildman–Crippen MR) is 83.6 cm³/mol. The first-order valence-corrected chi connectivity index (χ1v) is 6.85. The molecule has 23 heavy (non-hydrogen) atoms. The molecule has 0 radical (unpaired) electrons. The van der Waals surface area contributed by atoms with Gasteiger partial charge in [0, 0.05) is 36.6 Å². The van der Waals surface area contributed by atoms with Gasteiger partial charge in [0.1, 0.15) is 0 Å². The summed E-state index contributed by atoms with van der Waals surface area (Å²) in [5.74, 6) is 1.18. The summed E-state index contributed by atoms with van der Waals surface area (Å²) in [5, 5.41) is 4.34. The zero-order chi connectivity index (χ0) is 16.0. The van der Waals surface area contributed by atoms with Crippen molar-refractivity contribution in [3.63, 3.8) is 0 Å². The standard InChI is InChI=1S/C15H12N6O2/c1-20-8-9(4-5-12(20)22)10-7-17-15(16)21-14(10)18-13(19-21)11-3-2-6-23-11/h2-8H,1H3,(H2,16,17). The van der Waals surface area contributed by atoms with E-state index in [0.29, 0.717) is 17.2 Å². The average molecular weight is 308 g/mol. The first-order valence-electron chi connectivity index (χ1n) is 6.85. The van der Waals surface area contributed by atoms with E-state index in [1.165, 1.54) is 15.1 Å². The Morgan fingerprint density at radius 1 is 1.26 bits per heavy atom. The summed E-state index contributed by atoms with van der Waals surface area (Å²) >= 11 is 0. The molecule has 0 fully saturated rings. The Bertz CT molecular complexity index is 1060. The minimum Gasteiger partial charge on any atom is -0.461 e. The van der Waals surface area contributed by atoms with Crippen LogP contribution in [0.4, 0.5) is 5.95 Å². The van der Waals surface area contributed by atoms with E-state index in [0.717, 1.165) is 11.1 Å². The molecule has 0 aliphatic rings. The molecule has 4 heterocycles. The van der Waals surface area contributed by atoms with E-state index >= 15 is 0 Å². The summed E-state index contributed by atoms with van der Waals surface area (Å²) in [7, 11) is 1.69. The number of furan rings is 1. The molecular formula is C15H12N6O2. The smallest absolute Gasteiger partial charge is 0.250 e. The molecule has 8 heteroatoms. The van der Waals surface area contributed by atoms with Crippen LogP contribution in [0.5, 0.6) is 0 Å². The number of pyridine rings is 1. The van der Waals surface area contributed by atoms with Crippen LogP contribution in [0, 0.1) is 0 Å². The molecule has 0 saturated carbocycles. The third-order valence-electron chi connectivity index (χ3n) is 3.53. The van der Waals surface area contributed by atoms with Gasteiger partial charge in [-0.25, -0.2) is 9.97 Å². The third-order valence-corrected chi connectivity index (χ3v) is 3.53. The second-order valence-electron chi connectivity index (χ2n) is 5.05. The van der Waals surface area contributed by atoms with Gasteiger partial charge in [0.2, 0.25) is 17.3 Å². The second-order valence-corrected chi connectivity index (χ2v) is 5.05. The Morgan fingerprint density at radius 3 is 2.87 bits per heavy atom. The molecule has 0 amide bonds. The Labute approximate surface area is 129 Å². The Balaban J connectivity index is 1.98. The highest BCUT2D eigenvalue weighted by molar-refractivity contribution is 5.78. The van der Waals surface area contributed by atoms with Crippen molar-refractivity contribution in [3.8, 4) is 22.7 Å². The molecule has 0 unspecified atom stereocenters. The maximum absolute atomic E-state index is 11.6. The molecule has 0 aliphatic carbocycles. The van der Waals surface area contributed by atoms with Crippen molar-refractivity contribution in [2.24, 2.45) is 7.05 Å². The zero-order valence-electron chi connectivity index (χ0n) is 12.2. The average Bonchev–Trinajstić information content (AvgIpc) is 3.19. The van der Waals surface area contributed by atoms with Crippen LogP contribution in [0.25, 0.3) is 28.4 Å². The lowest BCUT2D eigenvalue weighted by Crippen LogP contribution is -2.14. The highest BCUT2D eigenvalue weighted by atomic mass is 16.3. The maximum Gasteiger partial charge on any atom is 0.250 e. The van der Waals surface area contributed by atoms with Crippen LogP contribution in [-0.2, 0) is 7.05 Å². The summed E-state index contributed by atoms with van der Waals surface area (Å²) in [5.41, 5.74) is 7.86. The zero-order valence-corrected chi connectivity index (χ0v) is 12.2. The van der Waals surface area contributed by atoms with Crippen molar-refractivity contribution in [2.45, 2.75) is 0 Å². The van der Waals surface area contributed by atoms with Crippen molar-refractivity contribution in [1.82, 2.24) is 24.1 Å².